The van der Waals surface area contributed by atoms with Crippen LogP contribution in [0.3, 0.4) is 0 Å². The zero-order valence-corrected chi connectivity index (χ0v) is 16.7. The number of fused-ring (bicyclic) bond motifs is 1. The molecule has 1 aliphatic rings. The van der Waals surface area contributed by atoms with E-state index in [0.29, 0.717) is 18.0 Å². The number of hydrogen-bond donors (Lipinski definition) is 1. The quantitative estimate of drug-likeness (QED) is 0.723. The van der Waals surface area contributed by atoms with Crippen LogP contribution in [0.4, 0.5) is 11.4 Å². The fourth-order valence-electron chi connectivity index (χ4n) is 3.21. The van der Waals surface area contributed by atoms with Crippen LogP contribution in [-0.4, -0.2) is 48.4 Å². The summed E-state index contributed by atoms with van der Waals surface area (Å²) in [6.45, 7) is 0.459. The fraction of sp³-hybridized carbons (Fsp3) is 0.182. The third-order valence-electron chi connectivity index (χ3n) is 4.83. The summed E-state index contributed by atoms with van der Waals surface area (Å²) in [6, 6.07) is 18.7. The van der Waals surface area contributed by atoms with E-state index in [1.165, 1.54) is 4.90 Å². The van der Waals surface area contributed by atoms with Gasteiger partial charge in [0.1, 0.15) is 18.1 Å². The van der Waals surface area contributed by atoms with Crippen LogP contribution in [0, 0.1) is 0 Å². The van der Waals surface area contributed by atoms with E-state index < -0.39 is 5.91 Å². The van der Waals surface area contributed by atoms with Crippen LogP contribution >= 0.6 is 0 Å². The number of nitrogens with one attached hydrogen (secondary N) is 1. The molecule has 0 fully saturated rings. The van der Waals surface area contributed by atoms with Gasteiger partial charge < -0.3 is 14.5 Å². The summed E-state index contributed by atoms with van der Waals surface area (Å²) in [6.07, 6.45) is 0. The van der Waals surface area contributed by atoms with Crippen LogP contribution in [0.15, 0.2) is 65.7 Å². The molecule has 2 amide bonds. The third-order valence-corrected chi connectivity index (χ3v) is 4.83. The van der Waals surface area contributed by atoms with Crippen molar-refractivity contribution >= 4 is 28.9 Å². The average molecular weight is 403 g/mol. The monoisotopic (exact) mass is 403 g/mol. The Morgan fingerprint density at radius 1 is 1.20 bits per heavy atom. The number of aromatic nitrogens is 2. The molecule has 0 bridgehead atoms. The minimum Gasteiger partial charge on any atom is -0.485 e. The Bertz CT molecular complexity index is 1110. The molecule has 8 heteroatoms. The molecule has 1 N–H and O–H groups in total. The number of benzene rings is 2. The van der Waals surface area contributed by atoms with Gasteiger partial charge in [-0.25, -0.2) is 4.99 Å². The Morgan fingerprint density at radius 3 is 2.73 bits per heavy atom. The predicted octanol–water partition coefficient (Wildman–Crippen LogP) is 2.68. The highest BCUT2D eigenvalue weighted by Gasteiger charge is 2.26. The number of aromatic amines is 1. The molecule has 4 rings (SSSR count). The SMILES string of the molecule is CN(Cc1cc(C(=O)N=C2COc3ccccc3N(C)C2=O)n[nH]1)c1ccccc1. The number of H-pyrrole nitrogens is 1. The number of para-hydroxylation sites is 3. The van der Waals surface area contributed by atoms with Gasteiger partial charge in [-0.2, -0.15) is 5.10 Å². The number of ether oxygens (including phenoxy) is 1. The standard InChI is InChI=1S/C22H21N5O3/c1-26(16-8-4-3-5-9-16)13-15-12-17(25-24-15)21(28)23-18-14-30-20-11-7-6-10-19(20)27(2)22(18)29/h3-12H,13-14H2,1-2H3,(H,24,25). The molecule has 152 valence electrons. The topological polar surface area (TPSA) is 90.9 Å². The fourth-order valence-corrected chi connectivity index (χ4v) is 3.21. The minimum absolute atomic E-state index is 0.0321. The largest absolute Gasteiger partial charge is 0.485 e. The molecule has 1 aliphatic heterocycles. The molecule has 0 radical (unpaired) electrons. The van der Waals surface area contributed by atoms with Crippen molar-refractivity contribution in [2.24, 2.45) is 4.99 Å². The number of rotatable bonds is 4. The normalized spacial score (nSPS) is 14.8. The maximum Gasteiger partial charge on any atom is 0.298 e. The maximum atomic E-state index is 12.7. The van der Waals surface area contributed by atoms with Crippen LogP contribution in [-0.2, 0) is 11.3 Å². The molecule has 3 aromatic rings. The highest BCUT2D eigenvalue weighted by molar-refractivity contribution is 6.46. The first-order chi connectivity index (χ1) is 14.5. The second kappa shape index (κ2) is 8.20. The van der Waals surface area contributed by atoms with Crippen LogP contribution in [0.2, 0.25) is 0 Å². The summed E-state index contributed by atoms with van der Waals surface area (Å²) in [4.78, 5) is 32.8. The molecule has 0 atom stereocenters. The Kier molecular flexibility index (Phi) is 5.30. The molecule has 1 aromatic heterocycles. The van der Waals surface area contributed by atoms with Gasteiger partial charge in [-0.1, -0.05) is 30.3 Å². The van der Waals surface area contributed by atoms with E-state index in [2.05, 4.69) is 15.2 Å². The first-order valence-electron chi connectivity index (χ1n) is 9.45. The van der Waals surface area contributed by atoms with Crippen molar-refractivity contribution in [3.63, 3.8) is 0 Å². The molecule has 2 heterocycles. The molecule has 0 unspecified atom stereocenters. The van der Waals surface area contributed by atoms with Crippen molar-refractivity contribution in [1.82, 2.24) is 10.2 Å². The lowest BCUT2D eigenvalue weighted by Gasteiger charge is -2.17. The van der Waals surface area contributed by atoms with Crippen LogP contribution < -0.4 is 14.5 Å². The number of carbonyl (C=O) groups excluding carboxylic acids is 2. The summed E-state index contributed by atoms with van der Waals surface area (Å²) >= 11 is 0. The molecule has 0 saturated heterocycles. The summed E-state index contributed by atoms with van der Waals surface area (Å²) in [5.41, 5.74) is 2.62. The number of aliphatic imine (C=N–C) groups is 1. The Morgan fingerprint density at radius 2 is 1.93 bits per heavy atom. The van der Waals surface area contributed by atoms with E-state index in [0.717, 1.165) is 11.4 Å². The van der Waals surface area contributed by atoms with Gasteiger partial charge in [0.25, 0.3) is 11.8 Å². The smallest absolute Gasteiger partial charge is 0.298 e. The van der Waals surface area contributed by atoms with Crippen LogP contribution in [0.25, 0.3) is 0 Å². The lowest BCUT2D eigenvalue weighted by atomic mass is 10.2. The number of hydrogen-bond acceptors (Lipinski definition) is 5. The van der Waals surface area contributed by atoms with Crippen molar-refractivity contribution in [2.75, 3.05) is 30.5 Å². The summed E-state index contributed by atoms with van der Waals surface area (Å²) < 4.78 is 5.67. The van der Waals surface area contributed by atoms with Crippen molar-refractivity contribution in [2.45, 2.75) is 6.54 Å². The first-order valence-corrected chi connectivity index (χ1v) is 9.45. The van der Waals surface area contributed by atoms with Gasteiger partial charge >= 0.3 is 0 Å². The van der Waals surface area contributed by atoms with Gasteiger partial charge in [-0.05, 0) is 30.3 Å². The molecule has 0 saturated carbocycles. The van der Waals surface area contributed by atoms with E-state index in [4.69, 9.17) is 4.74 Å². The van der Waals surface area contributed by atoms with Crippen molar-refractivity contribution in [1.29, 1.82) is 0 Å². The van der Waals surface area contributed by atoms with Crippen LogP contribution in [0.1, 0.15) is 16.2 Å². The third kappa shape index (κ3) is 3.93. The van der Waals surface area contributed by atoms with Gasteiger partial charge in [0.05, 0.1) is 17.9 Å². The number of anilines is 2. The van der Waals surface area contributed by atoms with E-state index in [-0.39, 0.29) is 23.9 Å². The van der Waals surface area contributed by atoms with Gasteiger partial charge in [0.2, 0.25) is 0 Å². The Labute approximate surface area is 173 Å². The molecule has 0 spiro atoms. The number of nitrogens with zero attached hydrogens (tertiary/aromatic N) is 4. The van der Waals surface area contributed by atoms with E-state index >= 15 is 0 Å². The molecular formula is C22H21N5O3. The van der Waals surface area contributed by atoms with Gasteiger partial charge in [0.15, 0.2) is 5.69 Å². The highest BCUT2D eigenvalue weighted by Crippen LogP contribution is 2.29. The molecule has 2 aromatic carbocycles. The molecular weight excluding hydrogens is 382 g/mol. The van der Waals surface area contributed by atoms with Gasteiger partial charge in [-0.3, -0.25) is 14.7 Å². The van der Waals surface area contributed by atoms with Gasteiger partial charge in [-0.15, -0.1) is 0 Å². The number of amides is 2. The summed E-state index contributed by atoms with van der Waals surface area (Å²) in [5.74, 6) is -0.406. The van der Waals surface area contributed by atoms with E-state index in [9.17, 15) is 9.59 Å². The maximum absolute atomic E-state index is 12.7. The summed E-state index contributed by atoms with van der Waals surface area (Å²) in [5, 5.41) is 6.92. The molecule has 30 heavy (non-hydrogen) atoms. The number of carbonyl (C=O) groups is 2. The van der Waals surface area contributed by atoms with Gasteiger partial charge in [0, 0.05) is 19.8 Å². The van der Waals surface area contributed by atoms with E-state index in [1.54, 1.807) is 25.2 Å². The highest BCUT2D eigenvalue weighted by atomic mass is 16.5. The zero-order chi connectivity index (χ0) is 21.1. The first kappa shape index (κ1) is 19.4. The zero-order valence-electron chi connectivity index (χ0n) is 16.7. The predicted molar refractivity (Wildman–Crippen MR) is 114 cm³/mol. The van der Waals surface area contributed by atoms with Crippen molar-refractivity contribution in [3.05, 3.63) is 72.1 Å². The second-order valence-electron chi connectivity index (χ2n) is 6.95. The molecule has 0 aliphatic carbocycles. The Hall–Kier alpha value is -3.94. The molecule has 8 nitrogen and oxygen atoms in total. The van der Waals surface area contributed by atoms with Crippen LogP contribution in [0.5, 0.6) is 5.75 Å². The lowest BCUT2D eigenvalue weighted by molar-refractivity contribution is -0.112. The van der Waals surface area contributed by atoms with E-state index in [1.807, 2.05) is 54.4 Å². The minimum atomic E-state index is -0.592. The lowest BCUT2D eigenvalue weighted by Crippen LogP contribution is -2.34. The second-order valence-corrected chi connectivity index (χ2v) is 6.95. The Balaban J connectivity index is 1.49. The van der Waals surface area contributed by atoms with Crippen molar-refractivity contribution < 1.29 is 14.3 Å². The van der Waals surface area contributed by atoms with Crippen molar-refractivity contribution in [3.8, 4) is 5.75 Å². The summed E-state index contributed by atoms with van der Waals surface area (Å²) in [7, 11) is 3.58. The average Bonchev–Trinajstić information content (AvgIpc) is 3.20.